The fourth-order valence-electron chi connectivity index (χ4n) is 1.77. The predicted molar refractivity (Wildman–Crippen MR) is 74.4 cm³/mol. The second kappa shape index (κ2) is 6.03. The lowest BCUT2D eigenvalue weighted by Crippen LogP contribution is -2.28. The molecule has 2 aromatic rings. The topological polar surface area (TPSA) is 99.8 Å². The van der Waals surface area contributed by atoms with Crippen LogP contribution in [0, 0.1) is 0 Å². The molecule has 5 N–H and O–H groups in total. The van der Waals surface area contributed by atoms with Gasteiger partial charge in [0, 0.05) is 30.6 Å². The lowest BCUT2D eigenvalue weighted by atomic mass is 10.2. The van der Waals surface area contributed by atoms with E-state index in [0.717, 1.165) is 22.3 Å². The first-order chi connectivity index (χ1) is 8.72. The molecule has 0 aliphatic heterocycles. The standard InChI is InChI=1S/C11H17N5OS/c1-18-5-8(17)4-13-2-7-3-14-10-9(7)15-6-16-11(10)12/h3,6,8,13-14,17H,2,4-5H2,1H3,(H2,12,15,16)/t8-/m1/s1. The van der Waals surface area contributed by atoms with Crippen molar-refractivity contribution in [1.82, 2.24) is 20.3 Å². The highest BCUT2D eigenvalue weighted by Crippen LogP contribution is 2.18. The summed E-state index contributed by atoms with van der Waals surface area (Å²) < 4.78 is 0. The number of rotatable bonds is 6. The normalized spacial score (nSPS) is 13.0. The van der Waals surface area contributed by atoms with Gasteiger partial charge in [0.05, 0.1) is 11.6 Å². The van der Waals surface area contributed by atoms with Crippen LogP contribution in [0.4, 0.5) is 5.82 Å². The van der Waals surface area contributed by atoms with Crippen molar-refractivity contribution in [2.45, 2.75) is 12.6 Å². The Morgan fingerprint density at radius 1 is 1.56 bits per heavy atom. The van der Waals surface area contributed by atoms with Crippen molar-refractivity contribution >= 4 is 28.6 Å². The van der Waals surface area contributed by atoms with Gasteiger partial charge in [-0.1, -0.05) is 0 Å². The second-order valence-corrected chi connectivity index (χ2v) is 4.95. The molecule has 0 aromatic carbocycles. The van der Waals surface area contributed by atoms with E-state index in [9.17, 15) is 5.11 Å². The quantitative estimate of drug-likeness (QED) is 0.603. The summed E-state index contributed by atoms with van der Waals surface area (Å²) in [6.07, 6.45) is 4.97. The molecule has 0 unspecified atom stereocenters. The molecule has 6 nitrogen and oxygen atoms in total. The van der Waals surface area contributed by atoms with Crippen LogP contribution in [0.1, 0.15) is 5.56 Å². The highest BCUT2D eigenvalue weighted by Gasteiger charge is 2.08. The largest absolute Gasteiger partial charge is 0.391 e. The summed E-state index contributed by atoms with van der Waals surface area (Å²) in [6.45, 7) is 1.20. The molecule has 0 radical (unpaired) electrons. The molecule has 18 heavy (non-hydrogen) atoms. The smallest absolute Gasteiger partial charge is 0.151 e. The van der Waals surface area contributed by atoms with Crippen molar-refractivity contribution in [3.63, 3.8) is 0 Å². The molecule has 1 atom stereocenters. The third-order valence-corrected chi connectivity index (χ3v) is 3.34. The molecule has 0 bridgehead atoms. The van der Waals surface area contributed by atoms with Gasteiger partial charge in [-0.25, -0.2) is 9.97 Å². The number of nitrogens with one attached hydrogen (secondary N) is 2. The summed E-state index contributed by atoms with van der Waals surface area (Å²) >= 11 is 1.63. The Bertz CT molecular complexity index is 515. The Labute approximate surface area is 109 Å². The van der Waals surface area contributed by atoms with Gasteiger partial charge in [-0.3, -0.25) is 0 Å². The molecule has 0 spiro atoms. The van der Waals surface area contributed by atoms with Crippen molar-refractivity contribution in [1.29, 1.82) is 0 Å². The van der Waals surface area contributed by atoms with Gasteiger partial charge in [-0.05, 0) is 6.26 Å². The number of aliphatic hydroxyl groups is 1. The van der Waals surface area contributed by atoms with Crippen LogP contribution in [0.5, 0.6) is 0 Å². The first-order valence-electron chi connectivity index (χ1n) is 5.66. The molecule has 0 aliphatic rings. The average Bonchev–Trinajstić information content (AvgIpc) is 2.75. The van der Waals surface area contributed by atoms with Crippen LogP contribution in [0.3, 0.4) is 0 Å². The maximum absolute atomic E-state index is 9.60. The molecule has 7 heteroatoms. The summed E-state index contributed by atoms with van der Waals surface area (Å²) in [5.41, 5.74) is 8.36. The van der Waals surface area contributed by atoms with Crippen molar-refractivity contribution < 1.29 is 5.11 Å². The summed E-state index contributed by atoms with van der Waals surface area (Å²) in [5, 5.41) is 12.8. The Morgan fingerprint density at radius 2 is 2.39 bits per heavy atom. The molecule has 0 fully saturated rings. The van der Waals surface area contributed by atoms with E-state index in [-0.39, 0.29) is 6.10 Å². The van der Waals surface area contributed by atoms with Gasteiger partial charge in [-0.15, -0.1) is 0 Å². The monoisotopic (exact) mass is 267 g/mol. The molecule has 0 saturated carbocycles. The van der Waals surface area contributed by atoms with Crippen LogP contribution in [-0.2, 0) is 6.54 Å². The van der Waals surface area contributed by atoms with Gasteiger partial charge in [0.1, 0.15) is 11.8 Å². The number of nitrogens with two attached hydrogens (primary N) is 1. The number of thioether (sulfide) groups is 1. The number of anilines is 1. The van der Waals surface area contributed by atoms with E-state index >= 15 is 0 Å². The van der Waals surface area contributed by atoms with Crippen LogP contribution in [0.15, 0.2) is 12.5 Å². The van der Waals surface area contributed by atoms with Gasteiger partial charge in [-0.2, -0.15) is 11.8 Å². The molecule has 0 saturated heterocycles. The van der Waals surface area contributed by atoms with Crippen molar-refractivity contribution in [3.05, 3.63) is 18.1 Å². The molecule has 98 valence electrons. The number of hydrogen-bond donors (Lipinski definition) is 4. The highest BCUT2D eigenvalue weighted by molar-refractivity contribution is 7.98. The lowest BCUT2D eigenvalue weighted by Gasteiger charge is -2.09. The third kappa shape index (κ3) is 2.92. The molecular formula is C11H17N5OS. The minimum absolute atomic E-state index is 0.329. The van der Waals surface area contributed by atoms with Crippen molar-refractivity contribution in [2.75, 3.05) is 24.3 Å². The Kier molecular flexibility index (Phi) is 4.40. The molecular weight excluding hydrogens is 250 g/mol. The van der Waals surface area contributed by atoms with Crippen molar-refractivity contribution in [2.24, 2.45) is 0 Å². The SMILES string of the molecule is CSC[C@H](O)CNCc1c[nH]c2c(N)ncnc12. The summed E-state index contributed by atoms with van der Waals surface area (Å²) in [5.74, 6) is 1.18. The van der Waals surface area contributed by atoms with E-state index in [4.69, 9.17) is 5.73 Å². The average molecular weight is 267 g/mol. The fraction of sp³-hybridized carbons (Fsp3) is 0.455. The van der Waals surface area contributed by atoms with Crippen LogP contribution in [0.25, 0.3) is 11.0 Å². The number of aliphatic hydroxyl groups excluding tert-OH is 1. The molecule has 0 amide bonds. The maximum atomic E-state index is 9.60. The Morgan fingerprint density at radius 3 is 3.17 bits per heavy atom. The molecule has 2 heterocycles. The van der Waals surface area contributed by atoms with Crippen LogP contribution in [-0.4, -0.2) is 44.7 Å². The van der Waals surface area contributed by atoms with Crippen LogP contribution < -0.4 is 11.1 Å². The number of H-pyrrole nitrogens is 1. The van der Waals surface area contributed by atoms with Gasteiger partial charge in [0.25, 0.3) is 0 Å². The van der Waals surface area contributed by atoms with E-state index in [2.05, 4.69) is 20.3 Å². The van der Waals surface area contributed by atoms with E-state index in [1.165, 1.54) is 6.33 Å². The van der Waals surface area contributed by atoms with Gasteiger partial charge < -0.3 is 21.1 Å². The highest BCUT2D eigenvalue weighted by atomic mass is 32.2. The Hall–Kier alpha value is -1.31. The number of hydrogen-bond acceptors (Lipinski definition) is 6. The number of nitrogens with zero attached hydrogens (tertiary/aromatic N) is 2. The summed E-state index contributed by atoms with van der Waals surface area (Å²) in [6, 6.07) is 0. The van der Waals surface area contributed by atoms with E-state index < -0.39 is 0 Å². The third-order valence-electron chi connectivity index (χ3n) is 2.63. The van der Waals surface area contributed by atoms with E-state index in [0.29, 0.717) is 18.9 Å². The Balaban J connectivity index is 1.98. The van der Waals surface area contributed by atoms with E-state index in [1.54, 1.807) is 11.8 Å². The second-order valence-electron chi connectivity index (χ2n) is 4.04. The van der Waals surface area contributed by atoms with Crippen LogP contribution >= 0.6 is 11.8 Å². The lowest BCUT2D eigenvalue weighted by molar-refractivity contribution is 0.195. The first-order valence-corrected chi connectivity index (χ1v) is 7.06. The number of fused-ring (bicyclic) bond motifs is 1. The summed E-state index contributed by atoms with van der Waals surface area (Å²) in [7, 11) is 0. The number of aromatic nitrogens is 3. The fourth-order valence-corrected chi connectivity index (χ4v) is 2.27. The van der Waals surface area contributed by atoms with Gasteiger partial charge in [0.2, 0.25) is 0 Å². The zero-order valence-corrected chi connectivity index (χ0v) is 11.0. The van der Waals surface area contributed by atoms with Gasteiger partial charge >= 0.3 is 0 Å². The minimum atomic E-state index is -0.329. The van der Waals surface area contributed by atoms with Gasteiger partial charge in [0.15, 0.2) is 5.82 Å². The zero-order chi connectivity index (χ0) is 13.0. The predicted octanol–water partition coefficient (Wildman–Crippen LogP) is 0.354. The number of nitrogen functional groups attached to an aromatic ring is 1. The first kappa shape index (κ1) is 13.1. The number of aromatic amines is 1. The zero-order valence-electron chi connectivity index (χ0n) is 10.2. The summed E-state index contributed by atoms with van der Waals surface area (Å²) in [4.78, 5) is 11.2. The van der Waals surface area contributed by atoms with Crippen molar-refractivity contribution in [3.8, 4) is 0 Å². The minimum Gasteiger partial charge on any atom is -0.391 e. The molecule has 0 aliphatic carbocycles. The molecule has 2 rings (SSSR count). The van der Waals surface area contributed by atoms with Crippen LogP contribution in [0.2, 0.25) is 0 Å². The van der Waals surface area contributed by atoms with E-state index in [1.807, 2.05) is 12.5 Å². The molecule has 2 aromatic heterocycles. The maximum Gasteiger partial charge on any atom is 0.151 e.